The summed E-state index contributed by atoms with van der Waals surface area (Å²) >= 11 is 0. The van der Waals surface area contributed by atoms with E-state index >= 15 is 0 Å². The lowest BCUT2D eigenvalue weighted by atomic mass is 9.57. The minimum absolute atomic E-state index is 0.0243. The zero-order valence-electron chi connectivity index (χ0n) is 29.5. The molecule has 0 bridgehead atoms. The summed E-state index contributed by atoms with van der Waals surface area (Å²) in [5, 5.41) is 2.32. The fourth-order valence-electron chi connectivity index (χ4n) is 8.91. The summed E-state index contributed by atoms with van der Waals surface area (Å²) in [6.45, 7) is 14.4. The summed E-state index contributed by atoms with van der Waals surface area (Å²) in [7, 11) is 0. The molecule has 1 aliphatic carbocycles. The molecule has 7 aromatic rings. The van der Waals surface area contributed by atoms with Gasteiger partial charge in [-0.15, -0.1) is 0 Å². The van der Waals surface area contributed by atoms with Gasteiger partial charge in [0.1, 0.15) is 11.2 Å². The molecule has 0 spiro atoms. The molecule has 0 saturated heterocycles. The maximum absolute atomic E-state index is 6.22. The molecule has 8 rings (SSSR count). The van der Waals surface area contributed by atoms with Crippen LogP contribution in [0.25, 0.3) is 33.1 Å². The molecule has 0 radical (unpaired) electrons. The Bertz CT molecular complexity index is 2300. The monoisotopic (exact) mass is 639 g/mol. The summed E-state index contributed by atoms with van der Waals surface area (Å²) in [4.78, 5) is 2.46. The maximum Gasteiger partial charge on any atom is 0.136 e. The van der Waals surface area contributed by atoms with E-state index in [1.54, 1.807) is 0 Å². The van der Waals surface area contributed by atoms with Crippen molar-refractivity contribution in [2.24, 2.45) is 0 Å². The SMILES string of the molecule is CC(C)(C)c1ccccc1C1(C)Cc2cccc(N(c3ccccc3)c3ccc(-c4cccc5oc6ccccc6c45)cc3)c2C(C)(C)C1. The first kappa shape index (κ1) is 31.2. The van der Waals surface area contributed by atoms with Gasteiger partial charge in [0.05, 0.1) is 5.69 Å². The highest BCUT2D eigenvalue weighted by Gasteiger charge is 2.44. The van der Waals surface area contributed by atoms with Crippen LogP contribution in [0.5, 0.6) is 0 Å². The van der Waals surface area contributed by atoms with Gasteiger partial charge in [-0.05, 0) is 105 Å². The first-order chi connectivity index (χ1) is 23.5. The van der Waals surface area contributed by atoms with E-state index < -0.39 is 0 Å². The summed E-state index contributed by atoms with van der Waals surface area (Å²) in [6, 6.07) is 50.7. The Kier molecular flexibility index (Phi) is 7.33. The molecular weight excluding hydrogens is 595 g/mol. The van der Waals surface area contributed by atoms with Gasteiger partial charge in [-0.3, -0.25) is 0 Å². The molecule has 1 atom stereocenters. The number of benzene rings is 6. The van der Waals surface area contributed by atoms with Gasteiger partial charge in [-0.25, -0.2) is 0 Å². The predicted molar refractivity (Wildman–Crippen MR) is 208 cm³/mol. The van der Waals surface area contributed by atoms with Crippen molar-refractivity contribution in [1.82, 2.24) is 0 Å². The standard InChI is InChI=1S/C47H45NO/c1-45(2,3)38-21-11-12-22-39(38)47(6)30-33-16-14-23-40(44(33)46(4,5)31-47)48(34-17-8-7-9-18-34)35-28-26-32(27-29-35)36-20-15-25-42-43(36)37-19-10-13-24-41(37)49-42/h7-29H,30-31H2,1-6H3. The quantitative estimate of drug-likeness (QED) is 0.186. The zero-order chi connectivity index (χ0) is 34.0. The number of hydrogen-bond acceptors (Lipinski definition) is 2. The van der Waals surface area contributed by atoms with Gasteiger partial charge in [0.25, 0.3) is 0 Å². The Morgan fingerprint density at radius 2 is 1.27 bits per heavy atom. The highest BCUT2D eigenvalue weighted by molar-refractivity contribution is 6.12. The van der Waals surface area contributed by atoms with Crippen LogP contribution in [0.1, 0.15) is 70.2 Å². The molecule has 244 valence electrons. The van der Waals surface area contributed by atoms with E-state index in [4.69, 9.17) is 4.42 Å². The fraction of sp³-hybridized carbons (Fsp3) is 0.234. The topological polar surface area (TPSA) is 16.4 Å². The van der Waals surface area contributed by atoms with Gasteiger partial charge < -0.3 is 9.32 Å². The zero-order valence-corrected chi connectivity index (χ0v) is 29.5. The third-order valence-corrected chi connectivity index (χ3v) is 10.7. The molecule has 0 N–H and O–H groups in total. The van der Waals surface area contributed by atoms with Gasteiger partial charge in [0.2, 0.25) is 0 Å². The number of hydrogen-bond donors (Lipinski definition) is 0. The van der Waals surface area contributed by atoms with Crippen molar-refractivity contribution in [2.45, 2.75) is 70.6 Å². The second kappa shape index (κ2) is 11.5. The Hall–Kier alpha value is -5.08. The fourth-order valence-corrected chi connectivity index (χ4v) is 8.91. The van der Waals surface area contributed by atoms with E-state index in [2.05, 4.69) is 174 Å². The lowest BCUT2D eigenvalue weighted by Gasteiger charge is -2.48. The lowest BCUT2D eigenvalue weighted by molar-refractivity contribution is 0.292. The van der Waals surface area contributed by atoms with E-state index in [-0.39, 0.29) is 16.2 Å². The smallest absolute Gasteiger partial charge is 0.136 e. The molecule has 0 saturated carbocycles. The third-order valence-electron chi connectivity index (χ3n) is 10.7. The van der Waals surface area contributed by atoms with Crippen LogP contribution in [0.15, 0.2) is 144 Å². The van der Waals surface area contributed by atoms with Crippen LogP contribution in [0, 0.1) is 0 Å². The van der Waals surface area contributed by atoms with E-state index in [1.165, 1.54) is 44.5 Å². The van der Waals surface area contributed by atoms with Crippen molar-refractivity contribution in [3.8, 4) is 11.1 Å². The second-order valence-corrected chi connectivity index (χ2v) is 15.9. The number of para-hydroxylation sites is 2. The van der Waals surface area contributed by atoms with Crippen molar-refractivity contribution in [1.29, 1.82) is 0 Å². The van der Waals surface area contributed by atoms with E-state index in [9.17, 15) is 0 Å². The highest BCUT2D eigenvalue weighted by atomic mass is 16.3. The van der Waals surface area contributed by atoms with Crippen molar-refractivity contribution < 1.29 is 4.42 Å². The molecule has 1 aliphatic rings. The average Bonchev–Trinajstić information content (AvgIpc) is 3.47. The Labute approximate surface area is 291 Å². The minimum atomic E-state index is -0.0606. The van der Waals surface area contributed by atoms with Crippen LogP contribution < -0.4 is 4.90 Å². The number of fused-ring (bicyclic) bond motifs is 4. The molecule has 6 aromatic carbocycles. The summed E-state index contributed by atoms with van der Waals surface area (Å²) < 4.78 is 6.22. The Morgan fingerprint density at radius 1 is 0.612 bits per heavy atom. The van der Waals surface area contributed by atoms with Crippen molar-refractivity contribution in [3.05, 3.63) is 162 Å². The van der Waals surface area contributed by atoms with E-state index in [1.807, 2.05) is 12.1 Å². The molecule has 2 nitrogen and oxygen atoms in total. The summed E-state index contributed by atoms with van der Waals surface area (Å²) in [5.41, 5.74) is 13.7. The minimum Gasteiger partial charge on any atom is -0.456 e. The third kappa shape index (κ3) is 5.35. The molecule has 1 aromatic heterocycles. The lowest BCUT2D eigenvalue weighted by Crippen LogP contribution is -2.41. The van der Waals surface area contributed by atoms with Crippen LogP contribution in [0.2, 0.25) is 0 Å². The number of nitrogens with zero attached hydrogens (tertiary/aromatic N) is 1. The molecule has 0 amide bonds. The second-order valence-electron chi connectivity index (χ2n) is 15.9. The summed E-state index contributed by atoms with van der Waals surface area (Å²) in [6.07, 6.45) is 2.08. The first-order valence-corrected chi connectivity index (χ1v) is 17.6. The number of anilines is 3. The maximum atomic E-state index is 6.22. The van der Waals surface area contributed by atoms with E-state index in [0.29, 0.717) is 0 Å². The number of rotatable bonds is 5. The van der Waals surface area contributed by atoms with E-state index in [0.717, 1.165) is 40.8 Å². The molecule has 49 heavy (non-hydrogen) atoms. The molecule has 0 aliphatic heterocycles. The van der Waals surface area contributed by atoms with Crippen molar-refractivity contribution >= 4 is 39.0 Å². The molecule has 0 fully saturated rings. The van der Waals surface area contributed by atoms with Crippen LogP contribution in [0.3, 0.4) is 0 Å². The summed E-state index contributed by atoms with van der Waals surface area (Å²) in [5.74, 6) is 0. The molecule has 1 heterocycles. The largest absolute Gasteiger partial charge is 0.456 e. The van der Waals surface area contributed by atoms with Crippen LogP contribution >= 0.6 is 0 Å². The van der Waals surface area contributed by atoms with Gasteiger partial charge in [-0.2, -0.15) is 0 Å². The Balaban J connectivity index is 1.25. The molecular formula is C47H45NO. The molecule has 1 unspecified atom stereocenters. The first-order valence-electron chi connectivity index (χ1n) is 17.6. The van der Waals surface area contributed by atoms with Gasteiger partial charge in [-0.1, -0.05) is 139 Å². The predicted octanol–water partition coefficient (Wildman–Crippen LogP) is 13.2. The van der Waals surface area contributed by atoms with Gasteiger partial charge >= 0.3 is 0 Å². The highest BCUT2D eigenvalue weighted by Crippen LogP contribution is 2.53. The van der Waals surface area contributed by atoms with Gasteiger partial charge in [0, 0.05) is 22.1 Å². The van der Waals surface area contributed by atoms with Gasteiger partial charge in [0.15, 0.2) is 0 Å². The van der Waals surface area contributed by atoms with Crippen molar-refractivity contribution in [2.75, 3.05) is 4.90 Å². The van der Waals surface area contributed by atoms with Crippen LogP contribution in [0.4, 0.5) is 17.1 Å². The van der Waals surface area contributed by atoms with Crippen LogP contribution in [-0.2, 0) is 22.7 Å². The van der Waals surface area contributed by atoms with Crippen LogP contribution in [-0.4, -0.2) is 0 Å². The average molecular weight is 640 g/mol. The normalized spacial score (nSPS) is 17.3. The number of furan rings is 1. The van der Waals surface area contributed by atoms with Crippen molar-refractivity contribution in [3.63, 3.8) is 0 Å². The molecule has 2 heteroatoms. The Morgan fingerprint density at radius 3 is 2.04 bits per heavy atom.